The maximum atomic E-state index is 14.1. The minimum absolute atomic E-state index is 0.00695. The molecule has 3 atom stereocenters. The lowest BCUT2D eigenvalue weighted by molar-refractivity contribution is -0.144. The van der Waals surface area contributed by atoms with E-state index < -0.39 is 34.9 Å². The second kappa shape index (κ2) is 21.2. The minimum atomic E-state index is -0.894. The molecule has 4 heterocycles. The van der Waals surface area contributed by atoms with E-state index in [1.54, 1.807) is 17.4 Å². The summed E-state index contributed by atoms with van der Waals surface area (Å²) in [6.45, 7) is 15.8. The lowest BCUT2D eigenvalue weighted by Crippen LogP contribution is -2.57. The number of aryl methyl sites for hydroxylation is 2. The monoisotopic (exact) mass is 980 g/mol. The molecule has 8 rings (SSSR count). The first-order valence-electron chi connectivity index (χ1n) is 25.3. The Kier molecular flexibility index (Phi) is 15.2. The Morgan fingerprint density at radius 2 is 1.69 bits per heavy atom. The Morgan fingerprint density at radius 3 is 2.34 bits per heavy atom. The number of nitrogens with one attached hydrogen (secondary N) is 4. The smallest absolute Gasteiger partial charge is 0.246 e. The van der Waals surface area contributed by atoms with E-state index in [9.17, 15) is 34.3 Å². The number of benzene rings is 3. The van der Waals surface area contributed by atoms with Gasteiger partial charge in [-0.1, -0.05) is 84.7 Å². The molecule has 2 saturated heterocycles. The van der Waals surface area contributed by atoms with Crippen LogP contribution in [0.1, 0.15) is 149 Å². The van der Waals surface area contributed by atoms with Gasteiger partial charge < -0.3 is 35.8 Å². The van der Waals surface area contributed by atoms with Crippen molar-refractivity contribution >= 4 is 57.3 Å². The van der Waals surface area contributed by atoms with E-state index in [0.29, 0.717) is 30.4 Å². The number of aromatic nitrogens is 2. The zero-order valence-corrected chi connectivity index (χ0v) is 43.0. The fourth-order valence-corrected chi connectivity index (χ4v) is 11.5. The molecular weight excluding hydrogens is 913 g/mol. The number of fused-ring (bicyclic) bond motifs is 4. The molecule has 0 spiro atoms. The number of rotatable bonds is 16. The molecule has 15 heteroatoms. The summed E-state index contributed by atoms with van der Waals surface area (Å²) < 4.78 is 0. The fraction of sp³-hybridized carbons (Fsp3) is 0.482. The number of piperidine rings is 1. The first-order valence-corrected chi connectivity index (χ1v) is 26.1. The van der Waals surface area contributed by atoms with E-state index in [2.05, 4.69) is 69.8 Å². The molecule has 2 aromatic heterocycles. The summed E-state index contributed by atoms with van der Waals surface area (Å²) >= 11 is 1.58. The van der Waals surface area contributed by atoms with Crippen LogP contribution in [-0.4, -0.2) is 93.3 Å². The SMILES string of the molecule is CCc1cc2c(cc1N1CCC(NC(=O)CCCCCCC(=O)N[C@H](C(=O)N3C[C@H](O)C[C@H]3C(=O)NCc3ccc(-c4scnc4C)cc3)C(C)(C)C)CC1)C(C)(C)c1[nH]c3cc(C#N)ccc3c1C2=O. The lowest BCUT2D eigenvalue weighted by atomic mass is 9.70. The van der Waals surface area contributed by atoms with Crippen LogP contribution in [0, 0.1) is 23.7 Å². The number of unbranched alkanes of at least 4 members (excludes halogenated alkanes) is 3. The number of carbonyl (C=O) groups is 5. The molecule has 2 aliphatic heterocycles. The van der Waals surface area contributed by atoms with Gasteiger partial charge in [0.1, 0.15) is 12.1 Å². The average molecular weight is 981 g/mol. The van der Waals surface area contributed by atoms with Crippen molar-refractivity contribution in [2.45, 2.75) is 149 Å². The number of thiazole rings is 1. The Balaban J connectivity index is 0.763. The van der Waals surface area contributed by atoms with Crippen LogP contribution in [0.3, 0.4) is 0 Å². The predicted molar refractivity (Wildman–Crippen MR) is 277 cm³/mol. The number of anilines is 1. The normalized spacial score (nSPS) is 18.2. The third-order valence-electron chi connectivity index (χ3n) is 14.8. The standard InChI is InChI=1S/C56H68N8O6S/c1-8-36-26-41-42(56(6,7)51-48(49(41)68)40-20-17-35(29-57)25-43(40)61-51)28-44(36)63-23-21-38(22-24-63)60-46(66)13-11-9-10-12-14-47(67)62-52(55(3,4)5)54(70)64-31-39(65)27-45(64)53(69)58-30-34-15-18-37(19-16-34)50-33(2)59-32-71-50/h15-20,25-26,28,32,38-39,45,52,61,65H,8-14,21-24,27,30-31H2,1-7H3,(H,58,69)(H,60,66)(H,62,67)/t39-,45+,52-/m1/s1. The number of hydrogen-bond donors (Lipinski definition) is 5. The largest absolute Gasteiger partial charge is 0.391 e. The molecular formula is C56H68N8O6S. The topological polar surface area (TPSA) is 201 Å². The predicted octanol–water partition coefficient (Wildman–Crippen LogP) is 8.14. The number of aromatic amines is 1. The molecule has 14 nitrogen and oxygen atoms in total. The molecule has 0 unspecified atom stereocenters. The molecule has 5 aromatic rings. The van der Waals surface area contributed by atoms with Crippen LogP contribution < -0.4 is 20.9 Å². The summed E-state index contributed by atoms with van der Waals surface area (Å²) in [5, 5.41) is 30.1. The van der Waals surface area contributed by atoms with E-state index in [4.69, 9.17) is 0 Å². The summed E-state index contributed by atoms with van der Waals surface area (Å²) in [6, 6.07) is 18.2. The number of nitrogens with zero attached hydrogens (tertiary/aromatic N) is 4. The fourth-order valence-electron chi connectivity index (χ4n) is 10.7. The number of nitriles is 1. The van der Waals surface area contributed by atoms with Gasteiger partial charge in [0.15, 0.2) is 5.78 Å². The van der Waals surface area contributed by atoms with Crippen LogP contribution in [0.15, 0.2) is 60.1 Å². The minimum Gasteiger partial charge on any atom is -0.391 e. The van der Waals surface area contributed by atoms with Crippen LogP contribution in [0.25, 0.3) is 21.3 Å². The number of amides is 4. The van der Waals surface area contributed by atoms with Gasteiger partial charge in [0.25, 0.3) is 0 Å². The van der Waals surface area contributed by atoms with Gasteiger partial charge in [-0.3, -0.25) is 24.0 Å². The molecule has 5 N–H and O–H groups in total. The number of β-amino-alcohol motifs (C(OH)–C–C–N with tert-alkyl or cyclic N) is 1. The van der Waals surface area contributed by atoms with Crippen LogP contribution in [0.4, 0.5) is 5.69 Å². The average Bonchev–Trinajstić information content (AvgIpc) is 4.09. The molecule has 3 aromatic carbocycles. The number of aliphatic hydroxyl groups excluding tert-OH is 1. The summed E-state index contributed by atoms with van der Waals surface area (Å²) in [7, 11) is 0. The number of aliphatic hydroxyl groups is 1. The second-order valence-corrected chi connectivity index (χ2v) is 22.1. The first kappa shape index (κ1) is 51.0. The van der Waals surface area contributed by atoms with Crippen molar-refractivity contribution in [3.63, 3.8) is 0 Å². The number of ketones is 1. The summed E-state index contributed by atoms with van der Waals surface area (Å²) in [5.41, 5.74) is 10.5. The molecule has 1 aliphatic carbocycles. The second-order valence-electron chi connectivity index (χ2n) is 21.3. The quantitative estimate of drug-likeness (QED) is 0.0606. The lowest BCUT2D eigenvalue weighted by Gasteiger charge is -2.38. The Labute approximate surface area is 421 Å². The third-order valence-corrected chi connectivity index (χ3v) is 15.7. The van der Waals surface area contributed by atoms with Crippen molar-refractivity contribution in [2.75, 3.05) is 24.5 Å². The van der Waals surface area contributed by atoms with E-state index in [0.717, 1.165) is 106 Å². The number of likely N-dealkylation sites (tertiary alicyclic amines) is 1. The molecule has 2 fully saturated rings. The zero-order chi connectivity index (χ0) is 50.8. The van der Waals surface area contributed by atoms with Gasteiger partial charge >= 0.3 is 0 Å². The van der Waals surface area contributed by atoms with E-state index in [-0.39, 0.29) is 55.5 Å². The highest BCUT2D eigenvalue weighted by Gasteiger charge is 2.45. The summed E-state index contributed by atoms with van der Waals surface area (Å²) in [6.07, 6.45) is 5.15. The van der Waals surface area contributed by atoms with Crippen molar-refractivity contribution in [1.29, 1.82) is 5.26 Å². The van der Waals surface area contributed by atoms with Crippen LogP contribution in [-0.2, 0) is 37.6 Å². The maximum absolute atomic E-state index is 14.1. The van der Waals surface area contributed by atoms with Gasteiger partial charge in [-0.2, -0.15) is 5.26 Å². The molecule has 71 heavy (non-hydrogen) atoms. The summed E-state index contributed by atoms with van der Waals surface area (Å²) in [4.78, 5) is 80.8. The Bertz CT molecular complexity index is 2860. The molecule has 0 saturated carbocycles. The van der Waals surface area contributed by atoms with Crippen LogP contribution >= 0.6 is 11.3 Å². The highest BCUT2D eigenvalue weighted by atomic mass is 32.1. The van der Waals surface area contributed by atoms with Crippen molar-refractivity contribution in [2.24, 2.45) is 5.41 Å². The van der Waals surface area contributed by atoms with E-state index >= 15 is 0 Å². The molecule has 0 radical (unpaired) electrons. The molecule has 4 amide bonds. The first-order chi connectivity index (χ1) is 33.9. The van der Waals surface area contributed by atoms with Gasteiger partial charge in [0.2, 0.25) is 23.6 Å². The Morgan fingerprint density at radius 1 is 0.986 bits per heavy atom. The van der Waals surface area contributed by atoms with Crippen LogP contribution in [0.5, 0.6) is 0 Å². The van der Waals surface area contributed by atoms with Gasteiger partial charge in [0, 0.05) is 84.7 Å². The highest BCUT2D eigenvalue weighted by molar-refractivity contribution is 7.13. The molecule has 0 bridgehead atoms. The van der Waals surface area contributed by atoms with Gasteiger partial charge in [-0.05, 0) is 91.0 Å². The van der Waals surface area contributed by atoms with E-state index in [1.165, 1.54) is 4.90 Å². The van der Waals surface area contributed by atoms with Gasteiger partial charge in [-0.15, -0.1) is 11.3 Å². The maximum Gasteiger partial charge on any atom is 0.246 e. The molecule has 374 valence electrons. The zero-order valence-electron chi connectivity index (χ0n) is 42.2. The number of H-pyrrole nitrogens is 1. The number of carbonyl (C=O) groups excluding carboxylic acids is 5. The highest BCUT2D eigenvalue weighted by Crippen LogP contribution is 2.46. The van der Waals surface area contributed by atoms with Gasteiger partial charge in [-0.25, -0.2) is 4.98 Å². The van der Waals surface area contributed by atoms with Gasteiger partial charge in [0.05, 0.1) is 39.4 Å². The van der Waals surface area contributed by atoms with Crippen LogP contribution in [0.2, 0.25) is 0 Å². The van der Waals surface area contributed by atoms with Crippen molar-refractivity contribution < 1.29 is 29.1 Å². The Hall–Kier alpha value is -6.37. The summed E-state index contributed by atoms with van der Waals surface area (Å²) in [5.74, 6) is -0.957. The van der Waals surface area contributed by atoms with E-state index in [1.807, 2.05) is 69.6 Å². The molecule has 3 aliphatic rings. The van der Waals surface area contributed by atoms with Crippen molar-refractivity contribution in [1.82, 2.24) is 30.8 Å². The number of hydrogen-bond acceptors (Lipinski definition) is 10. The van der Waals surface area contributed by atoms with Crippen molar-refractivity contribution in [3.05, 3.63) is 105 Å². The van der Waals surface area contributed by atoms with Crippen molar-refractivity contribution in [3.8, 4) is 16.5 Å². The third kappa shape index (κ3) is 10.9.